The smallest absolute Gasteiger partial charge is 0.338 e. The van der Waals surface area contributed by atoms with Crippen LogP contribution in [0.4, 0.5) is 10.5 Å². The Bertz CT molecular complexity index is 1180. The van der Waals surface area contributed by atoms with Crippen LogP contribution < -0.4 is 15.5 Å². The Kier molecular flexibility index (Phi) is 7.36. The van der Waals surface area contributed by atoms with E-state index >= 15 is 0 Å². The number of hydrogen-bond donors (Lipinski definition) is 2. The van der Waals surface area contributed by atoms with E-state index < -0.39 is 24.0 Å². The fourth-order valence-electron chi connectivity index (χ4n) is 4.01. The van der Waals surface area contributed by atoms with Crippen LogP contribution in [0.5, 0.6) is 0 Å². The summed E-state index contributed by atoms with van der Waals surface area (Å²) in [7, 11) is 0. The van der Waals surface area contributed by atoms with Crippen molar-refractivity contribution in [3.63, 3.8) is 0 Å². The number of carbonyl (C=O) groups is 4. The van der Waals surface area contributed by atoms with Crippen molar-refractivity contribution >= 4 is 41.2 Å². The second kappa shape index (κ2) is 10.6. The zero-order valence-electron chi connectivity index (χ0n) is 19.0. The first kappa shape index (κ1) is 24.3. The first-order chi connectivity index (χ1) is 16.9. The molecule has 0 aromatic heterocycles. The molecule has 35 heavy (non-hydrogen) atoms. The number of nitrogens with one attached hydrogen (secondary N) is 2. The molecule has 2 N–H and O–H groups in total. The van der Waals surface area contributed by atoms with Gasteiger partial charge in [-0.1, -0.05) is 23.7 Å². The van der Waals surface area contributed by atoms with Gasteiger partial charge in [0.05, 0.1) is 29.5 Å². The first-order valence-corrected chi connectivity index (χ1v) is 11.6. The minimum Gasteiger partial charge on any atom is -0.463 e. The van der Waals surface area contributed by atoms with E-state index in [1.165, 1.54) is 0 Å². The minimum absolute atomic E-state index is 0.0515. The highest BCUT2D eigenvalue weighted by Crippen LogP contribution is 2.29. The van der Waals surface area contributed by atoms with Gasteiger partial charge in [0.15, 0.2) is 0 Å². The number of esters is 2. The lowest BCUT2D eigenvalue weighted by atomic mass is 9.95. The number of nitrogens with zero attached hydrogens (tertiary/aromatic N) is 1. The fourth-order valence-corrected chi connectivity index (χ4v) is 4.13. The molecule has 10 heteroatoms. The summed E-state index contributed by atoms with van der Waals surface area (Å²) in [5.74, 6) is -1.24. The Morgan fingerprint density at radius 1 is 1.03 bits per heavy atom. The Morgan fingerprint density at radius 2 is 1.74 bits per heavy atom. The molecule has 2 heterocycles. The molecule has 0 spiro atoms. The number of hydrogen-bond acceptors (Lipinski definition) is 6. The molecular formula is C25H24ClN3O6. The van der Waals surface area contributed by atoms with E-state index in [9.17, 15) is 19.2 Å². The summed E-state index contributed by atoms with van der Waals surface area (Å²) in [5, 5.41) is 5.76. The van der Waals surface area contributed by atoms with Gasteiger partial charge in [0.1, 0.15) is 6.61 Å². The summed E-state index contributed by atoms with van der Waals surface area (Å²) in [4.78, 5) is 51.4. The zero-order valence-corrected chi connectivity index (χ0v) is 19.8. The van der Waals surface area contributed by atoms with Crippen molar-refractivity contribution in [2.24, 2.45) is 0 Å². The van der Waals surface area contributed by atoms with Gasteiger partial charge in [0, 0.05) is 23.7 Å². The maximum absolute atomic E-state index is 12.8. The molecule has 1 fully saturated rings. The van der Waals surface area contributed by atoms with Crippen molar-refractivity contribution in [1.29, 1.82) is 0 Å². The lowest BCUT2D eigenvalue weighted by molar-refractivity contribution is -0.139. The van der Waals surface area contributed by atoms with Crippen molar-refractivity contribution in [2.75, 3.05) is 24.7 Å². The molecular weight excluding hydrogens is 474 g/mol. The largest absolute Gasteiger partial charge is 0.463 e. The Hall–Kier alpha value is -3.85. The molecule has 0 radical (unpaired) electrons. The molecule has 4 rings (SSSR count). The van der Waals surface area contributed by atoms with Gasteiger partial charge < -0.3 is 25.0 Å². The third kappa shape index (κ3) is 5.46. The van der Waals surface area contributed by atoms with Gasteiger partial charge in [0.25, 0.3) is 0 Å². The van der Waals surface area contributed by atoms with Gasteiger partial charge in [-0.15, -0.1) is 0 Å². The van der Waals surface area contributed by atoms with Crippen LogP contribution in [-0.4, -0.2) is 43.6 Å². The monoisotopic (exact) mass is 497 g/mol. The van der Waals surface area contributed by atoms with Crippen molar-refractivity contribution in [2.45, 2.75) is 25.8 Å². The highest BCUT2D eigenvalue weighted by molar-refractivity contribution is 6.30. The number of carbonyl (C=O) groups excluding carboxylic acids is 4. The molecule has 0 bridgehead atoms. The normalized spacial score (nSPS) is 17.7. The number of urea groups is 1. The van der Waals surface area contributed by atoms with Crippen molar-refractivity contribution in [1.82, 2.24) is 10.6 Å². The van der Waals surface area contributed by atoms with Crippen molar-refractivity contribution in [3.05, 3.63) is 76.0 Å². The number of benzene rings is 2. The number of halogens is 1. The highest BCUT2D eigenvalue weighted by Gasteiger charge is 2.34. The molecule has 1 saturated heterocycles. The van der Waals surface area contributed by atoms with E-state index in [0.29, 0.717) is 29.2 Å². The zero-order chi connectivity index (χ0) is 24.9. The van der Waals surface area contributed by atoms with Crippen LogP contribution in [0.1, 0.15) is 41.7 Å². The number of anilines is 1. The topological polar surface area (TPSA) is 114 Å². The number of amides is 3. The summed E-state index contributed by atoms with van der Waals surface area (Å²) in [5.41, 5.74) is 1.86. The van der Waals surface area contributed by atoms with Gasteiger partial charge in [0.2, 0.25) is 5.91 Å². The van der Waals surface area contributed by atoms with Crippen LogP contribution in [-0.2, 0) is 19.1 Å². The van der Waals surface area contributed by atoms with Crippen molar-refractivity contribution in [3.8, 4) is 0 Å². The van der Waals surface area contributed by atoms with Crippen LogP contribution in [0.3, 0.4) is 0 Å². The molecule has 2 aromatic carbocycles. The highest BCUT2D eigenvalue weighted by atomic mass is 35.5. The SMILES string of the molecule is CCOC(=O)C1=C(COC(=O)c2ccc(N3CCCC3=O)cc2)NC(=O)NC1c1ccc(Cl)cc1. The van der Waals surface area contributed by atoms with Crippen LogP contribution in [0, 0.1) is 0 Å². The number of rotatable bonds is 7. The standard InChI is InChI=1S/C25H24ClN3O6/c1-2-34-24(32)21-19(27-25(33)28-22(21)15-5-9-17(26)10-6-15)14-35-23(31)16-7-11-18(12-8-16)29-13-3-4-20(29)30/h5-12,22H,2-4,13-14H2,1H3,(H2,27,28,33). The molecule has 2 aliphatic heterocycles. The van der Waals surface area contributed by atoms with E-state index in [2.05, 4.69) is 10.6 Å². The van der Waals surface area contributed by atoms with Gasteiger partial charge in [-0.3, -0.25) is 4.79 Å². The molecule has 2 aromatic rings. The second-order valence-corrected chi connectivity index (χ2v) is 8.40. The molecule has 0 saturated carbocycles. The number of ether oxygens (including phenoxy) is 2. The van der Waals surface area contributed by atoms with Crippen LogP contribution in [0.25, 0.3) is 0 Å². The predicted molar refractivity (Wildman–Crippen MR) is 128 cm³/mol. The van der Waals surface area contributed by atoms with Crippen LogP contribution >= 0.6 is 11.6 Å². The summed E-state index contributed by atoms with van der Waals surface area (Å²) in [6.45, 7) is 2.10. The van der Waals surface area contributed by atoms with E-state index in [0.717, 1.165) is 6.42 Å². The quantitative estimate of drug-likeness (QED) is 0.566. The summed E-state index contributed by atoms with van der Waals surface area (Å²) >= 11 is 5.97. The Labute approximate surface area is 207 Å². The van der Waals surface area contributed by atoms with E-state index in [-0.39, 0.29) is 36.0 Å². The van der Waals surface area contributed by atoms with E-state index in [1.807, 2.05) is 0 Å². The lowest BCUT2D eigenvalue weighted by Crippen LogP contribution is -2.47. The summed E-state index contributed by atoms with van der Waals surface area (Å²) in [6, 6.07) is 11.8. The molecule has 182 valence electrons. The second-order valence-electron chi connectivity index (χ2n) is 7.97. The molecule has 3 amide bonds. The van der Waals surface area contributed by atoms with Crippen LogP contribution in [0.2, 0.25) is 5.02 Å². The first-order valence-electron chi connectivity index (χ1n) is 11.2. The lowest BCUT2D eigenvalue weighted by Gasteiger charge is -2.29. The van der Waals surface area contributed by atoms with Gasteiger partial charge in [-0.25, -0.2) is 14.4 Å². The van der Waals surface area contributed by atoms with Crippen molar-refractivity contribution < 1.29 is 28.7 Å². The maximum atomic E-state index is 12.8. The fraction of sp³-hybridized carbons (Fsp3) is 0.280. The molecule has 9 nitrogen and oxygen atoms in total. The molecule has 1 unspecified atom stereocenters. The van der Waals surface area contributed by atoms with Gasteiger partial charge >= 0.3 is 18.0 Å². The third-order valence-electron chi connectivity index (χ3n) is 5.69. The predicted octanol–water partition coefficient (Wildman–Crippen LogP) is 3.49. The Morgan fingerprint density at radius 3 is 2.37 bits per heavy atom. The Balaban J connectivity index is 1.54. The van der Waals surface area contributed by atoms with Crippen LogP contribution in [0.15, 0.2) is 59.8 Å². The average molecular weight is 498 g/mol. The summed E-state index contributed by atoms with van der Waals surface area (Å²) < 4.78 is 10.6. The van der Waals surface area contributed by atoms with E-state index in [4.69, 9.17) is 21.1 Å². The van der Waals surface area contributed by atoms with E-state index in [1.54, 1.807) is 60.4 Å². The minimum atomic E-state index is -0.814. The molecule has 1 atom stereocenters. The van der Waals surface area contributed by atoms with Gasteiger partial charge in [-0.2, -0.15) is 0 Å². The molecule has 0 aliphatic carbocycles. The molecule has 2 aliphatic rings. The van der Waals surface area contributed by atoms with Gasteiger partial charge in [-0.05, 0) is 55.3 Å². The average Bonchev–Trinajstić information content (AvgIpc) is 3.28. The summed E-state index contributed by atoms with van der Waals surface area (Å²) in [6.07, 6.45) is 1.32. The third-order valence-corrected chi connectivity index (χ3v) is 5.94. The maximum Gasteiger partial charge on any atom is 0.338 e.